The van der Waals surface area contributed by atoms with Crippen molar-refractivity contribution in [2.75, 3.05) is 35.2 Å². The first kappa shape index (κ1) is 53.6. The predicted octanol–water partition coefficient (Wildman–Crippen LogP) is 7.05. The molecule has 2 atom stereocenters. The lowest BCUT2D eigenvalue weighted by Gasteiger charge is -2.30. The largest absolute Gasteiger partial charge is 0.481 e. The first-order valence-electron chi connectivity index (χ1n) is 20.6. The summed E-state index contributed by atoms with van der Waals surface area (Å²) in [5, 5.41) is 9.15. The van der Waals surface area contributed by atoms with Gasteiger partial charge in [0.05, 0.1) is 33.1 Å². The average molecular weight is 1000 g/mol. The summed E-state index contributed by atoms with van der Waals surface area (Å²) in [6, 6.07) is 3.99. The fourth-order valence-corrected chi connectivity index (χ4v) is 10.8. The highest BCUT2D eigenvalue weighted by atomic mass is 32.2. The van der Waals surface area contributed by atoms with E-state index in [4.69, 9.17) is 5.11 Å². The molecule has 2 aliphatic rings. The molecule has 24 heteroatoms. The van der Waals surface area contributed by atoms with Gasteiger partial charge in [-0.3, -0.25) is 23.0 Å². The SMILES string of the molecule is CC1(CCCCCC(=O)O)C(=CC=CC=CC2=[N+](CCCCS(=O)(=O)O)c3c(F)c(F)c(F)c(F)c3C2(C)CCCCS(=O)(=O)O)N(CCCCS(=O)(=O)O)c2ccc(S(=O)(=O)O)cc21. The Morgan fingerprint density at radius 3 is 1.82 bits per heavy atom. The Kier molecular flexibility index (Phi) is 17.5. The molecule has 65 heavy (non-hydrogen) atoms. The van der Waals surface area contributed by atoms with Gasteiger partial charge in [-0.25, -0.2) is 13.2 Å². The molecule has 2 unspecified atom stereocenters. The molecule has 0 fully saturated rings. The van der Waals surface area contributed by atoms with Gasteiger partial charge in [0.15, 0.2) is 17.3 Å². The average Bonchev–Trinajstić information content (AvgIpc) is 3.56. The fraction of sp³-hybridized carbons (Fsp3) is 0.512. The Morgan fingerprint density at radius 2 is 1.23 bits per heavy atom. The second kappa shape index (κ2) is 21.3. The molecule has 2 aromatic carbocycles. The van der Waals surface area contributed by atoms with Gasteiger partial charge in [-0.05, 0) is 88.6 Å². The standard InChI is InChI=1S/C41H52F4N2O14S4/c1-40(20-8-4-7-17-33(48)49)29-27-28(65(59,60)61)18-19-30(29)46(22-10-13-25-63(53,54)55)31(40)15-5-3-6-16-32-41(2,21-9-12-24-62(50,51)52)34-35(42)36(43)37(44)38(45)39(34)47(32)23-11-14-26-64(56,57)58/h3,5-6,15-16,18-19,27H,4,7-14,17,20-26H2,1-2H3,(H4-,48,49,50,51,52,53,54,55,56,57,58,59,60,61)/p+1. The molecule has 0 radical (unpaired) electrons. The third kappa shape index (κ3) is 13.8. The van der Waals surface area contributed by atoms with E-state index in [1.807, 2.05) is 11.8 Å². The van der Waals surface area contributed by atoms with Crippen LogP contribution in [0.3, 0.4) is 0 Å². The lowest BCUT2D eigenvalue weighted by atomic mass is 9.75. The first-order chi connectivity index (χ1) is 30.0. The number of rotatable bonds is 25. The van der Waals surface area contributed by atoms with Crippen molar-refractivity contribution in [3.05, 3.63) is 88.7 Å². The summed E-state index contributed by atoms with van der Waals surface area (Å²) >= 11 is 0. The van der Waals surface area contributed by atoms with Crippen molar-refractivity contribution in [2.45, 2.75) is 107 Å². The summed E-state index contributed by atoms with van der Waals surface area (Å²) in [6.45, 7) is 3.10. The highest BCUT2D eigenvalue weighted by Gasteiger charge is 2.53. The number of unbranched alkanes of at least 4 members (excludes halogenated alkanes) is 5. The number of hydrogen-bond donors (Lipinski definition) is 5. The van der Waals surface area contributed by atoms with Crippen molar-refractivity contribution >= 4 is 63.5 Å². The van der Waals surface area contributed by atoms with Gasteiger partial charge in [0.25, 0.3) is 46.2 Å². The maximum Gasteiger partial charge on any atom is 0.303 e. The summed E-state index contributed by atoms with van der Waals surface area (Å²) in [5.74, 6) is -10.6. The number of anilines is 1. The van der Waals surface area contributed by atoms with Gasteiger partial charge in [-0.1, -0.05) is 37.5 Å². The van der Waals surface area contributed by atoms with Gasteiger partial charge in [0.2, 0.25) is 11.6 Å². The topological polar surface area (TPSA) is 261 Å². The van der Waals surface area contributed by atoms with Crippen molar-refractivity contribution in [3.8, 4) is 0 Å². The number of aliphatic carboxylic acids is 1. The van der Waals surface area contributed by atoms with Crippen LogP contribution in [0.15, 0.2) is 59.2 Å². The molecule has 362 valence electrons. The second-order valence-corrected chi connectivity index (χ2v) is 22.6. The summed E-state index contributed by atoms with van der Waals surface area (Å²) in [6.07, 6.45) is 8.73. The second-order valence-electron chi connectivity index (χ2n) is 16.5. The number of allylic oxidation sites excluding steroid dienone is 6. The van der Waals surface area contributed by atoms with Gasteiger partial charge in [-0.15, -0.1) is 0 Å². The molecule has 0 saturated heterocycles. The van der Waals surface area contributed by atoms with E-state index in [-0.39, 0.29) is 70.2 Å². The molecule has 0 aromatic heterocycles. The third-order valence-electron chi connectivity index (χ3n) is 11.6. The Labute approximate surface area is 376 Å². The zero-order chi connectivity index (χ0) is 48.8. The number of carboxylic acid groups (broad SMARTS) is 1. The van der Waals surface area contributed by atoms with E-state index in [0.717, 1.165) is 4.58 Å². The number of carboxylic acids is 1. The first-order valence-corrected chi connectivity index (χ1v) is 26.8. The molecule has 0 saturated carbocycles. The van der Waals surface area contributed by atoms with Crippen LogP contribution in [0.25, 0.3) is 0 Å². The molecule has 2 aliphatic heterocycles. The van der Waals surface area contributed by atoms with Crippen LogP contribution in [0.2, 0.25) is 0 Å². The van der Waals surface area contributed by atoms with Gasteiger partial charge in [0.1, 0.15) is 6.54 Å². The molecule has 0 amide bonds. The van der Waals surface area contributed by atoms with E-state index in [2.05, 4.69) is 0 Å². The van der Waals surface area contributed by atoms with Crippen molar-refractivity contribution in [1.29, 1.82) is 0 Å². The van der Waals surface area contributed by atoms with Gasteiger partial charge >= 0.3 is 5.97 Å². The summed E-state index contributed by atoms with van der Waals surface area (Å²) in [5.41, 5.74) is -2.29. The zero-order valence-electron chi connectivity index (χ0n) is 35.6. The summed E-state index contributed by atoms with van der Waals surface area (Å²) in [4.78, 5) is 12.6. The number of halogens is 4. The number of benzene rings is 2. The van der Waals surface area contributed by atoms with Crippen LogP contribution in [0, 0.1) is 23.3 Å². The highest BCUT2D eigenvalue weighted by molar-refractivity contribution is 7.86. The molecule has 0 spiro atoms. The van der Waals surface area contributed by atoms with E-state index in [9.17, 15) is 65.5 Å². The van der Waals surface area contributed by atoms with Crippen LogP contribution in [0.5, 0.6) is 0 Å². The maximum atomic E-state index is 15.9. The molecular weight excluding hydrogens is 949 g/mol. The zero-order valence-corrected chi connectivity index (χ0v) is 38.9. The minimum atomic E-state index is -4.68. The lowest BCUT2D eigenvalue weighted by Crippen LogP contribution is -2.32. The molecule has 16 nitrogen and oxygen atoms in total. The highest BCUT2D eigenvalue weighted by Crippen LogP contribution is 2.52. The Balaban J connectivity index is 1.85. The van der Waals surface area contributed by atoms with Crippen LogP contribution in [-0.4, -0.2) is 104 Å². The van der Waals surface area contributed by atoms with Crippen molar-refractivity contribution in [1.82, 2.24) is 0 Å². The molecule has 2 aromatic rings. The molecule has 4 rings (SSSR count). The molecule has 2 heterocycles. The fourth-order valence-electron chi connectivity index (χ4n) is 8.54. The number of fused-ring (bicyclic) bond motifs is 2. The van der Waals surface area contributed by atoms with Crippen LogP contribution in [-0.2, 0) is 56.1 Å². The Bertz CT molecular complexity index is 2730. The minimum Gasteiger partial charge on any atom is -0.481 e. The minimum absolute atomic E-state index is 0.0412. The van der Waals surface area contributed by atoms with Crippen LogP contribution < -0.4 is 4.90 Å². The van der Waals surface area contributed by atoms with Crippen molar-refractivity contribution < 1.29 is 83.9 Å². The molecule has 0 aliphatic carbocycles. The van der Waals surface area contributed by atoms with E-state index in [1.54, 1.807) is 12.2 Å². The van der Waals surface area contributed by atoms with E-state index in [0.29, 0.717) is 42.6 Å². The molecule has 5 N–H and O–H groups in total. The normalized spacial score (nSPS) is 19.9. The van der Waals surface area contributed by atoms with Crippen molar-refractivity contribution in [3.63, 3.8) is 0 Å². The molecule has 0 bridgehead atoms. The smallest absolute Gasteiger partial charge is 0.303 e. The van der Waals surface area contributed by atoms with E-state index in [1.165, 1.54) is 43.4 Å². The number of carbonyl (C=O) groups is 1. The number of nitrogens with zero attached hydrogens (tertiary/aromatic N) is 2. The van der Waals surface area contributed by atoms with E-state index >= 15 is 8.78 Å². The third-order valence-corrected chi connectivity index (χ3v) is 14.9. The summed E-state index contributed by atoms with van der Waals surface area (Å²) in [7, 11) is -17.8. The summed E-state index contributed by atoms with van der Waals surface area (Å²) < 4.78 is 194. The van der Waals surface area contributed by atoms with Gasteiger partial charge in [0, 0.05) is 42.3 Å². The predicted molar refractivity (Wildman–Crippen MR) is 233 cm³/mol. The number of hydrogen-bond acceptors (Lipinski definition) is 10. The van der Waals surface area contributed by atoms with Gasteiger partial charge < -0.3 is 10.0 Å². The monoisotopic (exact) mass is 1000 g/mol. The lowest BCUT2D eigenvalue weighted by molar-refractivity contribution is -0.440. The van der Waals surface area contributed by atoms with Crippen LogP contribution in [0.1, 0.15) is 102 Å². The maximum absolute atomic E-state index is 15.9. The van der Waals surface area contributed by atoms with Gasteiger partial charge in [-0.2, -0.15) is 42.6 Å². The van der Waals surface area contributed by atoms with Crippen LogP contribution >= 0.6 is 0 Å². The Morgan fingerprint density at radius 1 is 0.677 bits per heavy atom. The van der Waals surface area contributed by atoms with E-state index < -0.39 is 114 Å². The van der Waals surface area contributed by atoms with Crippen molar-refractivity contribution in [2.24, 2.45) is 0 Å². The Hall–Kier alpha value is -4.04. The quantitative estimate of drug-likeness (QED) is 0.0127. The molecular formula is C41H53F4N2O14S4+. The van der Waals surface area contributed by atoms with Crippen LogP contribution in [0.4, 0.5) is 28.9 Å².